The smallest absolute Gasteiger partial charge is 0.344 e. The summed E-state index contributed by atoms with van der Waals surface area (Å²) in [6.45, 7) is 2.32. The Kier molecular flexibility index (Phi) is 4.28. The van der Waals surface area contributed by atoms with Crippen molar-refractivity contribution in [2.24, 2.45) is 7.05 Å². The van der Waals surface area contributed by atoms with Crippen molar-refractivity contribution in [1.82, 2.24) is 24.5 Å². The van der Waals surface area contributed by atoms with E-state index >= 15 is 0 Å². The van der Waals surface area contributed by atoms with Gasteiger partial charge >= 0.3 is 11.7 Å². The predicted molar refractivity (Wildman–Crippen MR) is 72.9 cm³/mol. The third kappa shape index (κ3) is 3.10. The molecule has 0 atom stereocenters. The van der Waals surface area contributed by atoms with E-state index in [4.69, 9.17) is 5.11 Å². The summed E-state index contributed by atoms with van der Waals surface area (Å²) >= 11 is 1.01. The van der Waals surface area contributed by atoms with E-state index in [1.807, 2.05) is 20.2 Å². The molecule has 0 aliphatic heterocycles. The lowest BCUT2D eigenvalue weighted by Crippen LogP contribution is -2.19. The van der Waals surface area contributed by atoms with Crippen LogP contribution >= 0.6 is 11.8 Å². The van der Waals surface area contributed by atoms with Crippen molar-refractivity contribution in [3.63, 3.8) is 0 Å². The van der Waals surface area contributed by atoms with Crippen LogP contribution in [0, 0.1) is 0 Å². The molecule has 20 heavy (non-hydrogen) atoms. The van der Waals surface area contributed by atoms with Gasteiger partial charge in [-0.05, 0) is 6.42 Å². The van der Waals surface area contributed by atoms with Crippen molar-refractivity contribution < 1.29 is 9.90 Å². The van der Waals surface area contributed by atoms with Crippen molar-refractivity contribution in [1.29, 1.82) is 0 Å². The largest absolute Gasteiger partial charge is 0.481 e. The van der Waals surface area contributed by atoms with Gasteiger partial charge in [0.25, 0.3) is 0 Å². The fourth-order valence-corrected chi connectivity index (χ4v) is 2.53. The van der Waals surface area contributed by atoms with Crippen LogP contribution in [-0.4, -0.2) is 41.4 Å². The molecule has 108 valence electrons. The Hall–Kier alpha value is -2.03. The molecule has 2 aromatic rings. The van der Waals surface area contributed by atoms with Gasteiger partial charge in [0.1, 0.15) is 0 Å². The number of aryl methyl sites for hydroxylation is 2. The number of hydrogen-bond acceptors (Lipinski definition) is 5. The van der Waals surface area contributed by atoms with E-state index in [1.54, 1.807) is 4.68 Å². The van der Waals surface area contributed by atoms with Gasteiger partial charge in [-0.25, -0.2) is 9.89 Å². The van der Waals surface area contributed by atoms with Crippen LogP contribution in [0.15, 0.2) is 16.1 Å². The minimum absolute atomic E-state index is 0.141. The number of nitrogens with one attached hydrogen (secondary N) is 1. The Balaban J connectivity index is 2.26. The summed E-state index contributed by atoms with van der Waals surface area (Å²) < 4.78 is 3.12. The van der Waals surface area contributed by atoms with E-state index in [-0.39, 0.29) is 11.4 Å². The lowest BCUT2D eigenvalue weighted by Gasteiger charge is -2.04. The number of thioether (sulfide) groups is 1. The zero-order valence-electron chi connectivity index (χ0n) is 11.2. The Morgan fingerprint density at radius 3 is 2.95 bits per heavy atom. The molecule has 0 saturated heterocycles. The van der Waals surface area contributed by atoms with Crippen LogP contribution in [0.2, 0.25) is 0 Å². The monoisotopic (exact) mass is 297 g/mol. The number of aromatic amines is 1. The zero-order chi connectivity index (χ0) is 14.7. The third-order valence-electron chi connectivity index (χ3n) is 2.70. The molecule has 2 heterocycles. The predicted octanol–water partition coefficient (Wildman–Crippen LogP) is 0.0923. The van der Waals surface area contributed by atoms with Gasteiger partial charge in [0.15, 0.2) is 5.16 Å². The molecule has 0 radical (unpaired) electrons. The van der Waals surface area contributed by atoms with Crippen molar-refractivity contribution in [2.45, 2.75) is 25.0 Å². The highest BCUT2D eigenvalue weighted by Crippen LogP contribution is 2.15. The Morgan fingerprint density at radius 2 is 2.30 bits per heavy atom. The molecule has 0 aliphatic rings. The van der Waals surface area contributed by atoms with E-state index in [0.29, 0.717) is 11.7 Å². The topological polar surface area (TPSA) is 106 Å². The highest BCUT2D eigenvalue weighted by molar-refractivity contribution is 7.99. The first kappa shape index (κ1) is 14.4. The van der Waals surface area contributed by atoms with E-state index in [0.717, 1.165) is 29.4 Å². The van der Waals surface area contributed by atoms with Gasteiger partial charge in [-0.3, -0.25) is 14.0 Å². The molecule has 0 spiro atoms. The average molecular weight is 297 g/mol. The van der Waals surface area contributed by atoms with Crippen LogP contribution in [0.25, 0.3) is 0 Å². The van der Waals surface area contributed by atoms with Crippen LogP contribution in [0.1, 0.15) is 18.2 Å². The van der Waals surface area contributed by atoms with Crippen LogP contribution < -0.4 is 5.69 Å². The molecular formula is C11H15N5O3S. The standard InChI is InChI=1S/C11H15N5O3S/c1-3-8-7(4-15(2)14-8)5-16-10(19)12-13-11(16)20-6-9(17)18/h4H,3,5-6H2,1-2H3,(H,12,19)(H,17,18). The van der Waals surface area contributed by atoms with Gasteiger partial charge in [0, 0.05) is 18.8 Å². The maximum atomic E-state index is 11.8. The number of rotatable bonds is 6. The highest BCUT2D eigenvalue weighted by Gasteiger charge is 2.14. The summed E-state index contributed by atoms with van der Waals surface area (Å²) in [5.41, 5.74) is 1.48. The fourth-order valence-electron chi connectivity index (χ4n) is 1.86. The van der Waals surface area contributed by atoms with Gasteiger partial charge in [0.05, 0.1) is 18.0 Å². The first-order valence-corrected chi connectivity index (χ1v) is 7.01. The maximum Gasteiger partial charge on any atom is 0.344 e. The lowest BCUT2D eigenvalue weighted by molar-refractivity contribution is -0.133. The minimum atomic E-state index is -0.951. The molecule has 0 aliphatic carbocycles. The summed E-state index contributed by atoms with van der Waals surface area (Å²) in [6.07, 6.45) is 2.62. The Bertz CT molecular complexity index is 672. The van der Waals surface area contributed by atoms with Crippen molar-refractivity contribution in [2.75, 3.05) is 5.75 Å². The normalized spacial score (nSPS) is 10.9. The van der Waals surface area contributed by atoms with Gasteiger partial charge < -0.3 is 5.11 Å². The molecule has 8 nitrogen and oxygen atoms in total. The first-order chi connectivity index (χ1) is 9.51. The Morgan fingerprint density at radius 1 is 1.55 bits per heavy atom. The van der Waals surface area contributed by atoms with E-state index in [1.165, 1.54) is 4.57 Å². The Labute approximate surface area is 118 Å². The van der Waals surface area contributed by atoms with E-state index in [2.05, 4.69) is 15.3 Å². The summed E-state index contributed by atoms with van der Waals surface area (Å²) in [7, 11) is 1.82. The molecule has 0 fully saturated rings. The number of nitrogens with zero attached hydrogens (tertiary/aromatic N) is 4. The molecule has 0 saturated carbocycles. The number of carboxylic acid groups (broad SMARTS) is 1. The molecule has 0 amide bonds. The van der Waals surface area contributed by atoms with Crippen LogP contribution in [0.5, 0.6) is 0 Å². The molecule has 9 heteroatoms. The van der Waals surface area contributed by atoms with Crippen molar-refractivity contribution >= 4 is 17.7 Å². The quantitative estimate of drug-likeness (QED) is 0.732. The van der Waals surface area contributed by atoms with E-state index < -0.39 is 5.97 Å². The van der Waals surface area contributed by atoms with Crippen molar-refractivity contribution in [3.05, 3.63) is 27.9 Å². The molecule has 2 N–H and O–H groups in total. The minimum Gasteiger partial charge on any atom is -0.481 e. The number of hydrogen-bond donors (Lipinski definition) is 2. The highest BCUT2D eigenvalue weighted by atomic mass is 32.2. The summed E-state index contributed by atoms with van der Waals surface area (Å²) in [6, 6.07) is 0. The maximum absolute atomic E-state index is 11.8. The second-order valence-electron chi connectivity index (χ2n) is 4.21. The number of aromatic nitrogens is 5. The number of H-pyrrole nitrogens is 1. The molecule has 0 aromatic carbocycles. The molecule has 2 aromatic heterocycles. The molecular weight excluding hydrogens is 282 g/mol. The summed E-state index contributed by atoms with van der Waals surface area (Å²) in [4.78, 5) is 22.3. The summed E-state index contributed by atoms with van der Waals surface area (Å²) in [5.74, 6) is -1.09. The number of carboxylic acids is 1. The van der Waals surface area contributed by atoms with Gasteiger partial charge in [-0.2, -0.15) is 5.10 Å². The second kappa shape index (κ2) is 5.95. The third-order valence-corrected chi connectivity index (χ3v) is 3.66. The molecule has 0 bridgehead atoms. The van der Waals surface area contributed by atoms with Gasteiger partial charge in [-0.1, -0.05) is 18.7 Å². The van der Waals surface area contributed by atoms with Crippen LogP contribution in [0.4, 0.5) is 0 Å². The fraction of sp³-hybridized carbons (Fsp3) is 0.455. The second-order valence-corrected chi connectivity index (χ2v) is 5.15. The number of carbonyl (C=O) groups is 1. The molecule has 0 unspecified atom stereocenters. The zero-order valence-corrected chi connectivity index (χ0v) is 12.0. The molecule has 2 rings (SSSR count). The van der Waals surface area contributed by atoms with Crippen LogP contribution in [0.3, 0.4) is 0 Å². The number of aliphatic carboxylic acids is 1. The average Bonchev–Trinajstić information content (AvgIpc) is 2.92. The first-order valence-electron chi connectivity index (χ1n) is 6.02. The van der Waals surface area contributed by atoms with Crippen molar-refractivity contribution in [3.8, 4) is 0 Å². The lowest BCUT2D eigenvalue weighted by atomic mass is 10.2. The SMILES string of the molecule is CCc1nn(C)cc1Cn1c(SCC(=O)O)n[nH]c1=O. The van der Waals surface area contributed by atoms with Crippen LogP contribution in [-0.2, 0) is 24.8 Å². The summed E-state index contributed by atoms with van der Waals surface area (Å²) in [5, 5.41) is 19.6. The van der Waals surface area contributed by atoms with E-state index in [9.17, 15) is 9.59 Å². The van der Waals surface area contributed by atoms with Gasteiger partial charge in [0.2, 0.25) is 0 Å². The van der Waals surface area contributed by atoms with Gasteiger partial charge in [-0.15, -0.1) is 5.10 Å².